The number of aryl methyl sites for hydroxylation is 1. The molecule has 0 bridgehead atoms. The van der Waals surface area contributed by atoms with Gasteiger partial charge in [0, 0.05) is 5.70 Å². The lowest BCUT2D eigenvalue weighted by molar-refractivity contribution is 0.891. The quantitative estimate of drug-likeness (QED) is 0.594. The molecule has 1 N–H and O–H groups in total. The van der Waals surface area contributed by atoms with E-state index in [9.17, 15) is 0 Å². The van der Waals surface area contributed by atoms with E-state index in [-0.39, 0.29) is 0 Å². The first-order chi connectivity index (χ1) is 10.3. The van der Waals surface area contributed by atoms with Crippen molar-refractivity contribution in [1.29, 1.82) is 0 Å². The maximum atomic E-state index is 3.42. The summed E-state index contributed by atoms with van der Waals surface area (Å²) in [6, 6.07) is 8.57. The molecule has 0 radical (unpaired) electrons. The van der Waals surface area contributed by atoms with Crippen LogP contribution in [0.2, 0.25) is 0 Å². The second kappa shape index (κ2) is 19.1. The Hall–Kier alpha value is -0.890. The summed E-state index contributed by atoms with van der Waals surface area (Å²) < 4.78 is 0. The third kappa shape index (κ3) is 11.4. The number of hydrogen-bond donors (Lipinski definition) is 1. The number of thioether (sulfide) groups is 1. The highest BCUT2D eigenvalue weighted by atomic mass is 32.2. The van der Waals surface area contributed by atoms with Crippen molar-refractivity contribution < 1.29 is 0 Å². The second-order valence-corrected chi connectivity index (χ2v) is 4.54. The maximum Gasteiger partial charge on any atom is 0.0735 e. The van der Waals surface area contributed by atoms with Crippen LogP contribution in [0.25, 0.3) is 5.70 Å². The lowest BCUT2D eigenvalue weighted by Gasteiger charge is -2.07. The molecule has 0 saturated carbocycles. The smallest absolute Gasteiger partial charge is 0.0735 e. The van der Waals surface area contributed by atoms with Gasteiger partial charge in [-0.15, -0.1) is 11.8 Å². The first-order valence-corrected chi connectivity index (χ1v) is 9.39. The number of benzene rings is 1. The average molecular weight is 312 g/mol. The van der Waals surface area contributed by atoms with E-state index in [2.05, 4.69) is 48.8 Å². The van der Waals surface area contributed by atoms with Crippen molar-refractivity contribution in [2.24, 2.45) is 0 Å². The van der Waals surface area contributed by atoms with E-state index in [0.29, 0.717) is 5.37 Å². The maximum absolute atomic E-state index is 3.42. The van der Waals surface area contributed by atoms with E-state index in [1.165, 1.54) is 16.8 Å². The first-order valence-electron chi connectivity index (χ1n) is 8.45. The minimum absolute atomic E-state index is 0.510. The predicted molar refractivity (Wildman–Crippen MR) is 105 cm³/mol. The minimum atomic E-state index is 0.510. The lowest BCUT2D eigenvalue weighted by atomic mass is 10.1. The zero-order valence-electron chi connectivity index (χ0n) is 15.9. The Morgan fingerprint density at radius 3 is 1.81 bits per heavy atom. The minimum Gasteiger partial charge on any atom is -0.372 e. The van der Waals surface area contributed by atoms with Gasteiger partial charge in [0.15, 0.2) is 0 Å². The molecule has 21 heavy (non-hydrogen) atoms. The van der Waals surface area contributed by atoms with Crippen LogP contribution in [0, 0.1) is 6.92 Å². The Morgan fingerprint density at radius 2 is 1.43 bits per heavy atom. The SMILES string of the molecule is CC.CC.CC.CC.Cc1cccc(C2=CSC(C)N2)c1. The third-order valence-corrected chi connectivity index (χ3v) is 2.98. The van der Waals surface area contributed by atoms with Crippen molar-refractivity contribution in [1.82, 2.24) is 5.32 Å². The van der Waals surface area contributed by atoms with Crippen LogP contribution in [0.3, 0.4) is 0 Å². The monoisotopic (exact) mass is 311 g/mol. The third-order valence-electron chi connectivity index (χ3n) is 2.08. The number of rotatable bonds is 1. The molecule has 1 aromatic carbocycles. The summed E-state index contributed by atoms with van der Waals surface area (Å²) in [5, 5.41) is 6.13. The van der Waals surface area contributed by atoms with Gasteiger partial charge in [-0.2, -0.15) is 0 Å². The van der Waals surface area contributed by atoms with E-state index in [4.69, 9.17) is 0 Å². The molecule has 1 aromatic rings. The lowest BCUT2D eigenvalue weighted by Crippen LogP contribution is -2.15. The summed E-state index contributed by atoms with van der Waals surface area (Å²) in [5.74, 6) is 0. The van der Waals surface area contributed by atoms with Crippen LogP contribution >= 0.6 is 11.8 Å². The van der Waals surface area contributed by atoms with Gasteiger partial charge in [0.25, 0.3) is 0 Å². The molecule has 0 fully saturated rings. The Bertz CT molecular complexity index is 345. The van der Waals surface area contributed by atoms with E-state index in [0.717, 1.165) is 0 Å². The second-order valence-electron chi connectivity index (χ2n) is 3.32. The van der Waals surface area contributed by atoms with Gasteiger partial charge >= 0.3 is 0 Å². The first kappa shape index (κ1) is 25.1. The van der Waals surface area contributed by atoms with Gasteiger partial charge in [-0.1, -0.05) is 79.2 Å². The molecule has 0 spiro atoms. The molecule has 2 heteroatoms. The fourth-order valence-corrected chi connectivity index (χ4v) is 2.16. The summed E-state index contributed by atoms with van der Waals surface area (Å²) in [6.07, 6.45) is 0. The fourth-order valence-electron chi connectivity index (χ4n) is 1.42. The Balaban J connectivity index is -0.000000353. The van der Waals surface area contributed by atoms with Gasteiger partial charge in [0.1, 0.15) is 0 Å². The van der Waals surface area contributed by atoms with Gasteiger partial charge in [-0.05, 0) is 30.9 Å². The highest BCUT2D eigenvalue weighted by Gasteiger charge is 2.12. The van der Waals surface area contributed by atoms with Gasteiger partial charge in [0.2, 0.25) is 0 Å². The molecule has 2 rings (SSSR count). The van der Waals surface area contributed by atoms with E-state index >= 15 is 0 Å². The van der Waals surface area contributed by atoms with E-state index in [1.54, 1.807) is 0 Å². The Morgan fingerprint density at radius 1 is 0.905 bits per heavy atom. The molecule has 1 aliphatic rings. The van der Waals surface area contributed by atoms with Gasteiger partial charge in [0.05, 0.1) is 5.37 Å². The van der Waals surface area contributed by atoms with Gasteiger partial charge in [-0.3, -0.25) is 0 Å². The standard InChI is InChI=1S/C11H13NS.4C2H6/c1-8-4-3-5-10(6-8)11-7-13-9(2)12-11;4*1-2/h3-7,9,12H,1-2H3;4*1-2H3. The number of nitrogens with one attached hydrogen (secondary N) is 1. The van der Waals surface area contributed by atoms with E-state index < -0.39 is 0 Å². The summed E-state index contributed by atoms with van der Waals surface area (Å²) in [4.78, 5) is 0. The fraction of sp³-hybridized carbons (Fsp3) is 0.579. The van der Waals surface area contributed by atoms with Crippen LogP contribution in [-0.4, -0.2) is 5.37 Å². The molecule has 1 atom stereocenters. The van der Waals surface area contributed by atoms with Crippen LogP contribution in [0.1, 0.15) is 73.4 Å². The Kier molecular flexibility index (Phi) is 22.8. The molecular formula is C19H37NS. The van der Waals surface area contributed by atoms with Crippen molar-refractivity contribution in [2.45, 2.75) is 74.6 Å². The largest absolute Gasteiger partial charge is 0.372 e. The molecule has 1 aliphatic heterocycles. The van der Waals surface area contributed by atoms with Crippen molar-refractivity contribution in [3.63, 3.8) is 0 Å². The molecule has 1 unspecified atom stereocenters. The molecule has 0 amide bonds. The topological polar surface area (TPSA) is 12.0 Å². The molecule has 0 aromatic heterocycles. The average Bonchev–Trinajstić information content (AvgIpc) is 3.02. The number of hydrogen-bond acceptors (Lipinski definition) is 2. The highest BCUT2D eigenvalue weighted by Crippen LogP contribution is 2.26. The zero-order chi connectivity index (χ0) is 17.3. The van der Waals surface area contributed by atoms with Crippen LogP contribution < -0.4 is 5.32 Å². The molecule has 0 saturated heterocycles. The molecule has 1 heterocycles. The molecule has 0 aliphatic carbocycles. The van der Waals surface area contributed by atoms with E-state index in [1.807, 2.05) is 67.2 Å². The van der Waals surface area contributed by atoms with Crippen LogP contribution in [0.4, 0.5) is 0 Å². The van der Waals surface area contributed by atoms with Gasteiger partial charge in [-0.25, -0.2) is 0 Å². The highest BCUT2D eigenvalue weighted by molar-refractivity contribution is 8.03. The zero-order valence-corrected chi connectivity index (χ0v) is 16.7. The summed E-state index contributed by atoms with van der Waals surface area (Å²) in [5.41, 5.74) is 3.85. The van der Waals surface area contributed by atoms with Crippen LogP contribution in [0.5, 0.6) is 0 Å². The molecule has 124 valence electrons. The summed E-state index contributed by atoms with van der Waals surface area (Å²) in [7, 11) is 0. The van der Waals surface area contributed by atoms with Crippen LogP contribution in [-0.2, 0) is 0 Å². The predicted octanol–water partition coefficient (Wildman–Crippen LogP) is 7.08. The normalized spacial score (nSPS) is 14.2. The van der Waals surface area contributed by atoms with Crippen molar-refractivity contribution in [3.05, 3.63) is 40.8 Å². The molecular weight excluding hydrogens is 274 g/mol. The summed E-state index contributed by atoms with van der Waals surface area (Å²) >= 11 is 1.83. The van der Waals surface area contributed by atoms with Crippen LogP contribution in [0.15, 0.2) is 29.7 Å². The summed E-state index contributed by atoms with van der Waals surface area (Å²) in [6.45, 7) is 20.3. The Labute approximate surface area is 138 Å². The van der Waals surface area contributed by atoms with Crippen molar-refractivity contribution in [3.8, 4) is 0 Å². The van der Waals surface area contributed by atoms with Crippen molar-refractivity contribution >= 4 is 17.5 Å². The van der Waals surface area contributed by atoms with Gasteiger partial charge < -0.3 is 5.32 Å². The van der Waals surface area contributed by atoms with Crippen molar-refractivity contribution in [2.75, 3.05) is 0 Å². The molecule has 1 nitrogen and oxygen atoms in total.